The summed E-state index contributed by atoms with van der Waals surface area (Å²) in [5, 5.41) is 14.1. The van der Waals surface area contributed by atoms with Crippen LogP contribution in [0, 0.1) is 0 Å². The Morgan fingerprint density at radius 3 is 2.45 bits per heavy atom. The van der Waals surface area contributed by atoms with Gasteiger partial charge < -0.3 is 25.0 Å². The van der Waals surface area contributed by atoms with Crippen LogP contribution >= 0.6 is 0 Å². The number of amides is 2. The summed E-state index contributed by atoms with van der Waals surface area (Å²) in [4.78, 5) is 34.0. The van der Waals surface area contributed by atoms with Crippen LogP contribution in [0.1, 0.15) is 5.56 Å². The van der Waals surface area contributed by atoms with E-state index in [1.807, 2.05) is 54.6 Å². The fraction of sp³-hybridized carbons (Fsp3) is 0.190. The van der Waals surface area contributed by atoms with Crippen LogP contribution in [0.15, 0.2) is 60.8 Å². The molecule has 0 spiro atoms. The Morgan fingerprint density at radius 1 is 0.931 bits per heavy atom. The van der Waals surface area contributed by atoms with Crippen LogP contribution < -0.4 is 15.4 Å². The summed E-state index contributed by atoms with van der Waals surface area (Å²) in [6.07, 6.45) is 1.79. The van der Waals surface area contributed by atoms with E-state index in [4.69, 9.17) is 9.84 Å². The van der Waals surface area contributed by atoms with Crippen molar-refractivity contribution in [3.8, 4) is 5.75 Å². The van der Waals surface area contributed by atoms with E-state index in [1.54, 1.807) is 10.8 Å². The van der Waals surface area contributed by atoms with E-state index in [0.29, 0.717) is 12.4 Å². The van der Waals surface area contributed by atoms with Gasteiger partial charge in [-0.05, 0) is 29.1 Å². The van der Waals surface area contributed by atoms with Gasteiger partial charge in [0.2, 0.25) is 11.8 Å². The van der Waals surface area contributed by atoms with Crippen LogP contribution in [0.2, 0.25) is 0 Å². The molecule has 3 N–H and O–H groups in total. The molecule has 3 rings (SSSR count). The Labute approximate surface area is 167 Å². The molecule has 0 atom stereocenters. The third kappa shape index (κ3) is 5.83. The van der Waals surface area contributed by atoms with E-state index in [1.165, 1.54) is 0 Å². The predicted molar refractivity (Wildman–Crippen MR) is 106 cm³/mol. The van der Waals surface area contributed by atoms with Crippen LogP contribution in [0.4, 0.5) is 0 Å². The normalized spacial score (nSPS) is 10.5. The van der Waals surface area contributed by atoms with Crippen LogP contribution in [-0.4, -0.2) is 40.5 Å². The zero-order valence-electron chi connectivity index (χ0n) is 15.6. The maximum absolute atomic E-state index is 12.1. The minimum absolute atomic E-state index is 0.0256. The van der Waals surface area contributed by atoms with Crippen molar-refractivity contribution in [1.82, 2.24) is 15.2 Å². The van der Waals surface area contributed by atoms with Gasteiger partial charge >= 0.3 is 5.97 Å². The number of carboxylic acids is 1. The van der Waals surface area contributed by atoms with E-state index in [2.05, 4.69) is 10.6 Å². The first-order chi connectivity index (χ1) is 14.0. The van der Waals surface area contributed by atoms with Gasteiger partial charge in [0.1, 0.15) is 25.4 Å². The first-order valence-corrected chi connectivity index (χ1v) is 9.02. The van der Waals surface area contributed by atoms with Crippen molar-refractivity contribution >= 4 is 28.7 Å². The molecule has 0 bridgehead atoms. The number of ether oxygens (including phenoxy) is 1. The Morgan fingerprint density at radius 2 is 1.69 bits per heavy atom. The van der Waals surface area contributed by atoms with Gasteiger partial charge in [0.15, 0.2) is 0 Å². The number of nitrogens with zero attached hydrogens (tertiary/aromatic N) is 1. The number of carbonyl (C=O) groups excluding carboxylic acids is 2. The maximum Gasteiger partial charge on any atom is 0.322 e. The highest BCUT2D eigenvalue weighted by atomic mass is 16.5. The van der Waals surface area contributed by atoms with Crippen molar-refractivity contribution in [2.24, 2.45) is 0 Å². The molecule has 1 heterocycles. The fourth-order valence-electron chi connectivity index (χ4n) is 2.76. The summed E-state index contributed by atoms with van der Waals surface area (Å²) in [6.45, 7) is -0.295. The topological polar surface area (TPSA) is 110 Å². The van der Waals surface area contributed by atoms with Gasteiger partial charge in [0.05, 0.1) is 12.1 Å². The lowest BCUT2D eigenvalue weighted by molar-refractivity contribution is -0.137. The van der Waals surface area contributed by atoms with Gasteiger partial charge in [0, 0.05) is 12.3 Å². The predicted octanol–water partition coefficient (Wildman–Crippen LogP) is 1.54. The average molecular weight is 395 g/mol. The van der Waals surface area contributed by atoms with E-state index in [9.17, 15) is 14.4 Å². The van der Waals surface area contributed by atoms with Crippen LogP contribution in [0.3, 0.4) is 0 Å². The van der Waals surface area contributed by atoms with Crippen LogP contribution in [-0.2, 0) is 27.5 Å². The van der Waals surface area contributed by atoms with Gasteiger partial charge in [0.25, 0.3) is 0 Å². The Kier molecular flexibility index (Phi) is 6.47. The molecule has 0 saturated carbocycles. The second-order valence-corrected chi connectivity index (χ2v) is 6.39. The van der Waals surface area contributed by atoms with Gasteiger partial charge in [-0.25, -0.2) is 0 Å². The second kappa shape index (κ2) is 9.41. The van der Waals surface area contributed by atoms with Crippen LogP contribution in [0.25, 0.3) is 10.9 Å². The smallest absolute Gasteiger partial charge is 0.322 e. The van der Waals surface area contributed by atoms with Crippen LogP contribution in [0.5, 0.6) is 5.75 Å². The number of rotatable bonds is 9. The molecule has 0 radical (unpaired) electrons. The molecule has 0 saturated heterocycles. The van der Waals surface area contributed by atoms with Gasteiger partial charge in [-0.3, -0.25) is 14.4 Å². The number of carboxylic acid groups (broad SMARTS) is 1. The highest BCUT2D eigenvalue weighted by molar-refractivity contribution is 5.88. The standard InChI is InChI=1S/C21H21N3O5/c25-19(23-12-21(27)28)11-22-20(26)13-24-9-8-16-6-7-17(10-18(16)24)29-14-15-4-2-1-3-5-15/h1-10H,11-14H2,(H,22,26)(H,23,25)(H,27,28). The molecule has 0 aliphatic rings. The first kappa shape index (κ1) is 19.9. The number of hydrogen-bond donors (Lipinski definition) is 3. The van der Waals surface area contributed by atoms with Gasteiger partial charge in [-0.1, -0.05) is 30.3 Å². The molecule has 8 nitrogen and oxygen atoms in total. The van der Waals surface area contributed by atoms with E-state index in [0.717, 1.165) is 16.5 Å². The molecule has 3 aromatic rings. The first-order valence-electron chi connectivity index (χ1n) is 9.02. The molecule has 2 amide bonds. The summed E-state index contributed by atoms with van der Waals surface area (Å²) in [5.74, 6) is -1.37. The summed E-state index contributed by atoms with van der Waals surface area (Å²) >= 11 is 0. The highest BCUT2D eigenvalue weighted by Crippen LogP contribution is 2.23. The Balaban J connectivity index is 1.58. The summed E-state index contributed by atoms with van der Waals surface area (Å²) in [5.41, 5.74) is 1.89. The molecule has 0 unspecified atom stereocenters. The molecular weight excluding hydrogens is 374 g/mol. The molecule has 0 fully saturated rings. The highest BCUT2D eigenvalue weighted by Gasteiger charge is 2.10. The lowest BCUT2D eigenvalue weighted by Crippen LogP contribution is -2.40. The molecule has 0 aliphatic carbocycles. The van der Waals surface area contributed by atoms with E-state index in [-0.39, 0.29) is 19.0 Å². The summed E-state index contributed by atoms with van der Waals surface area (Å²) in [7, 11) is 0. The van der Waals surface area contributed by atoms with Gasteiger partial charge in [-0.15, -0.1) is 0 Å². The average Bonchev–Trinajstić information content (AvgIpc) is 3.12. The van der Waals surface area contributed by atoms with Crippen molar-refractivity contribution in [3.63, 3.8) is 0 Å². The second-order valence-electron chi connectivity index (χ2n) is 6.39. The summed E-state index contributed by atoms with van der Waals surface area (Å²) < 4.78 is 7.60. The minimum atomic E-state index is -1.14. The lowest BCUT2D eigenvalue weighted by atomic mass is 10.2. The molecule has 29 heavy (non-hydrogen) atoms. The monoisotopic (exact) mass is 395 g/mol. The van der Waals surface area contributed by atoms with Crippen molar-refractivity contribution in [1.29, 1.82) is 0 Å². The summed E-state index contributed by atoms with van der Waals surface area (Å²) in [6, 6.07) is 17.4. The molecule has 0 aliphatic heterocycles. The van der Waals surface area contributed by atoms with Crippen molar-refractivity contribution in [2.75, 3.05) is 13.1 Å². The van der Waals surface area contributed by atoms with Crippen molar-refractivity contribution in [3.05, 3.63) is 66.4 Å². The molecule has 2 aromatic carbocycles. The molecule has 150 valence electrons. The SMILES string of the molecule is O=C(O)CNC(=O)CNC(=O)Cn1ccc2ccc(OCc3ccccc3)cc21. The third-order valence-corrected chi connectivity index (χ3v) is 4.19. The third-order valence-electron chi connectivity index (χ3n) is 4.19. The number of aliphatic carboxylic acids is 1. The lowest BCUT2D eigenvalue weighted by Gasteiger charge is -2.09. The Hall–Kier alpha value is -3.81. The number of carbonyl (C=O) groups is 3. The number of aromatic nitrogens is 1. The zero-order valence-corrected chi connectivity index (χ0v) is 15.6. The van der Waals surface area contributed by atoms with E-state index >= 15 is 0 Å². The number of fused-ring (bicyclic) bond motifs is 1. The number of hydrogen-bond acceptors (Lipinski definition) is 4. The molecule has 8 heteroatoms. The fourth-order valence-corrected chi connectivity index (χ4v) is 2.76. The van der Waals surface area contributed by atoms with Crippen molar-refractivity contribution in [2.45, 2.75) is 13.2 Å². The quantitative estimate of drug-likeness (QED) is 0.509. The number of nitrogens with one attached hydrogen (secondary N) is 2. The zero-order chi connectivity index (χ0) is 20.6. The Bertz CT molecular complexity index is 1010. The van der Waals surface area contributed by atoms with Gasteiger partial charge in [-0.2, -0.15) is 0 Å². The van der Waals surface area contributed by atoms with E-state index < -0.39 is 18.4 Å². The number of benzene rings is 2. The largest absolute Gasteiger partial charge is 0.489 e. The molecule has 1 aromatic heterocycles. The molecular formula is C21H21N3O5. The minimum Gasteiger partial charge on any atom is -0.489 e. The maximum atomic E-state index is 12.1. The van der Waals surface area contributed by atoms with Crippen molar-refractivity contribution < 1.29 is 24.2 Å².